The summed E-state index contributed by atoms with van der Waals surface area (Å²) in [7, 11) is 3.92. The largest absolute Gasteiger partial charge is 0.358 e. The number of fused-ring (bicyclic) bond motifs is 1. The zero-order chi connectivity index (χ0) is 22.7. The Morgan fingerprint density at radius 3 is 2.61 bits per heavy atom. The van der Waals surface area contributed by atoms with E-state index in [0.717, 1.165) is 57.7 Å². The Morgan fingerprint density at radius 1 is 1.19 bits per heavy atom. The van der Waals surface area contributed by atoms with Gasteiger partial charge in [-0.05, 0) is 62.3 Å². The maximum atomic E-state index is 12.8. The maximum absolute atomic E-state index is 12.8. The van der Waals surface area contributed by atoms with E-state index < -0.39 is 0 Å². The first-order valence-electron chi connectivity index (χ1n) is 10.7. The molecule has 2 amide bonds. The van der Waals surface area contributed by atoms with E-state index in [1.807, 2.05) is 38.2 Å². The van der Waals surface area contributed by atoms with Crippen LogP contribution >= 0.6 is 15.9 Å². The van der Waals surface area contributed by atoms with Gasteiger partial charge in [-0.15, -0.1) is 0 Å². The Hall–Kier alpha value is -2.38. The lowest BCUT2D eigenvalue weighted by Gasteiger charge is -2.21. The lowest BCUT2D eigenvalue weighted by molar-refractivity contribution is -0.129. The quantitative estimate of drug-likeness (QED) is 0.552. The molecule has 0 fully saturated rings. The van der Waals surface area contributed by atoms with Crippen LogP contribution in [0.5, 0.6) is 0 Å². The van der Waals surface area contributed by atoms with E-state index in [4.69, 9.17) is 0 Å². The molecule has 31 heavy (non-hydrogen) atoms. The van der Waals surface area contributed by atoms with E-state index >= 15 is 0 Å². The van der Waals surface area contributed by atoms with Crippen molar-refractivity contribution in [3.05, 3.63) is 50.8 Å². The third-order valence-electron chi connectivity index (χ3n) is 6.02. The summed E-state index contributed by atoms with van der Waals surface area (Å²) in [6.07, 6.45) is 3.05. The van der Waals surface area contributed by atoms with E-state index in [2.05, 4.69) is 52.0 Å². The van der Waals surface area contributed by atoms with Crippen LogP contribution in [-0.4, -0.2) is 60.3 Å². The normalized spacial score (nSPS) is 14.3. The number of anilines is 1. The summed E-state index contributed by atoms with van der Waals surface area (Å²) in [5.41, 5.74) is 6.30. The molecule has 3 rings (SSSR count). The summed E-state index contributed by atoms with van der Waals surface area (Å²) in [5.74, 6) is -0.00839. The second-order valence-corrected chi connectivity index (χ2v) is 8.98. The van der Waals surface area contributed by atoms with Crippen molar-refractivity contribution in [3.63, 3.8) is 0 Å². The average molecular weight is 487 g/mol. The number of benzene rings is 1. The Labute approximate surface area is 192 Å². The molecule has 2 N–H and O–H groups in total. The molecule has 1 aromatic carbocycles. The molecule has 0 aliphatic carbocycles. The number of aryl methyl sites for hydroxylation is 1. The number of aromatic amines is 1. The Balaban J connectivity index is 1.86. The molecule has 0 atom stereocenters. The van der Waals surface area contributed by atoms with Crippen molar-refractivity contribution in [1.29, 1.82) is 0 Å². The van der Waals surface area contributed by atoms with Gasteiger partial charge in [0, 0.05) is 47.2 Å². The number of carbonyl (C=O) groups excluding carboxylic acids is 2. The fourth-order valence-corrected chi connectivity index (χ4v) is 4.10. The van der Waals surface area contributed by atoms with Crippen molar-refractivity contribution >= 4 is 45.1 Å². The molecule has 0 spiro atoms. The number of halogens is 1. The fraction of sp³-hybridized carbons (Fsp3) is 0.417. The predicted molar refractivity (Wildman–Crippen MR) is 130 cm³/mol. The number of H-pyrrole nitrogens is 1. The van der Waals surface area contributed by atoms with Gasteiger partial charge in [0.15, 0.2) is 0 Å². The van der Waals surface area contributed by atoms with Crippen molar-refractivity contribution in [2.24, 2.45) is 0 Å². The van der Waals surface area contributed by atoms with Crippen LogP contribution in [0.25, 0.3) is 11.6 Å². The number of amides is 2. The molecule has 0 saturated heterocycles. The van der Waals surface area contributed by atoms with Crippen LogP contribution in [0.15, 0.2) is 22.7 Å². The van der Waals surface area contributed by atoms with Gasteiger partial charge in [-0.25, -0.2) is 0 Å². The third-order valence-corrected chi connectivity index (χ3v) is 6.52. The molecule has 1 aliphatic rings. The van der Waals surface area contributed by atoms with Crippen LogP contribution in [0.3, 0.4) is 0 Å². The Kier molecular flexibility index (Phi) is 7.38. The van der Waals surface area contributed by atoms with Crippen LogP contribution < -0.4 is 5.32 Å². The zero-order valence-electron chi connectivity index (χ0n) is 18.9. The highest BCUT2D eigenvalue weighted by molar-refractivity contribution is 9.10. The van der Waals surface area contributed by atoms with Gasteiger partial charge in [-0.1, -0.05) is 29.8 Å². The molecule has 0 saturated carbocycles. The van der Waals surface area contributed by atoms with E-state index in [1.165, 1.54) is 0 Å². The van der Waals surface area contributed by atoms with Gasteiger partial charge >= 0.3 is 0 Å². The van der Waals surface area contributed by atoms with E-state index in [9.17, 15) is 9.59 Å². The third kappa shape index (κ3) is 5.10. The average Bonchev–Trinajstić information content (AvgIpc) is 3.22. The van der Waals surface area contributed by atoms with Crippen molar-refractivity contribution in [2.75, 3.05) is 39.0 Å². The van der Waals surface area contributed by atoms with Gasteiger partial charge in [-0.3, -0.25) is 9.59 Å². The second-order valence-electron chi connectivity index (χ2n) is 8.06. The zero-order valence-corrected chi connectivity index (χ0v) is 20.5. The number of likely N-dealkylation sites (N-methyl/N-ethyl adjacent to an activating group) is 2. The molecule has 1 aliphatic heterocycles. The molecule has 7 heteroatoms. The number of carbonyl (C=O) groups is 2. The van der Waals surface area contributed by atoms with Gasteiger partial charge in [0.25, 0.3) is 5.91 Å². The van der Waals surface area contributed by atoms with Crippen molar-refractivity contribution in [2.45, 2.75) is 33.6 Å². The smallest absolute Gasteiger partial charge is 0.256 e. The highest BCUT2D eigenvalue weighted by Crippen LogP contribution is 2.35. The van der Waals surface area contributed by atoms with E-state index in [1.54, 1.807) is 4.90 Å². The molecular formula is C24H31BrN4O2. The Bertz CT molecular complexity index is 1020. The predicted octanol–water partition coefficient (Wildman–Crippen LogP) is 4.09. The van der Waals surface area contributed by atoms with Gasteiger partial charge in [0.05, 0.1) is 12.0 Å². The molecule has 0 radical (unpaired) electrons. The highest BCUT2D eigenvalue weighted by Gasteiger charge is 2.25. The molecule has 0 bridgehead atoms. The van der Waals surface area contributed by atoms with Gasteiger partial charge in [0.2, 0.25) is 5.91 Å². The van der Waals surface area contributed by atoms with Crippen molar-refractivity contribution in [1.82, 2.24) is 14.8 Å². The van der Waals surface area contributed by atoms with Crippen LogP contribution in [-0.2, 0) is 22.4 Å². The van der Waals surface area contributed by atoms with Crippen LogP contribution in [0, 0.1) is 6.92 Å². The first-order chi connectivity index (χ1) is 14.7. The lowest BCUT2D eigenvalue weighted by atomic mass is 10.0. The lowest BCUT2D eigenvalue weighted by Crippen LogP contribution is -2.35. The molecule has 166 valence electrons. The minimum atomic E-state index is -0.113. The minimum absolute atomic E-state index is 0.105. The molecule has 2 aromatic rings. The molecule has 2 heterocycles. The van der Waals surface area contributed by atoms with Gasteiger partial charge < -0.3 is 20.1 Å². The first-order valence-corrected chi connectivity index (χ1v) is 11.5. The fourth-order valence-electron chi connectivity index (χ4n) is 3.74. The van der Waals surface area contributed by atoms with Crippen LogP contribution in [0.1, 0.15) is 41.9 Å². The van der Waals surface area contributed by atoms with Gasteiger partial charge in [0.1, 0.15) is 0 Å². The summed E-state index contributed by atoms with van der Waals surface area (Å²) >= 11 is 3.49. The molecule has 6 nitrogen and oxygen atoms in total. The monoisotopic (exact) mass is 486 g/mol. The minimum Gasteiger partial charge on any atom is -0.358 e. The first kappa shape index (κ1) is 23.3. The SMILES string of the molecule is CCc1[nH]c(/C=C2\C(=O)Nc3ccc(Br)cc32)c(C)c1CC(=O)N(C)CCN(C)CC. The van der Waals surface area contributed by atoms with Crippen LogP contribution in [0.4, 0.5) is 5.69 Å². The van der Waals surface area contributed by atoms with Crippen molar-refractivity contribution in [3.8, 4) is 0 Å². The molecule has 1 aromatic heterocycles. The summed E-state index contributed by atoms with van der Waals surface area (Å²) in [6.45, 7) is 8.72. The number of rotatable bonds is 8. The standard InChI is InChI=1S/C24H31BrN4O2/c1-6-20-17(14-23(30)29(5)11-10-28(4)7-2)15(3)22(26-20)13-19-18-12-16(25)8-9-21(18)27-24(19)31/h8-9,12-13,26H,6-7,10-11,14H2,1-5H3,(H,27,31)/b19-13-. The van der Waals surface area contributed by atoms with E-state index in [0.29, 0.717) is 18.5 Å². The number of hydrogen-bond donors (Lipinski definition) is 2. The molecular weight excluding hydrogens is 456 g/mol. The summed E-state index contributed by atoms with van der Waals surface area (Å²) in [5, 5.41) is 2.92. The number of nitrogens with zero attached hydrogens (tertiary/aromatic N) is 2. The van der Waals surface area contributed by atoms with Crippen molar-refractivity contribution < 1.29 is 9.59 Å². The molecule has 0 unspecified atom stereocenters. The highest BCUT2D eigenvalue weighted by atomic mass is 79.9. The van der Waals surface area contributed by atoms with Gasteiger partial charge in [-0.2, -0.15) is 0 Å². The Morgan fingerprint density at radius 2 is 1.94 bits per heavy atom. The topological polar surface area (TPSA) is 68.4 Å². The van der Waals surface area contributed by atoms with Crippen LogP contribution in [0.2, 0.25) is 0 Å². The summed E-state index contributed by atoms with van der Waals surface area (Å²) in [4.78, 5) is 32.9. The second kappa shape index (κ2) is 9.83. The summed E-state index contributed by atoms with van der Waals surface area (Å²) < 4.78 is 0.925. The summed E-state index contributed by atoms with van der Waals surface area (Å²) in [6, 6.07) is 5.76. The number of nitrogens with one attached hydrogen (secondary N) is 2. The number of aromatic nitrogens is 1. The van der Waals surface area contributed by atoms with E-state index in [-0.39, 0.29) is 11.8 Å². The number of hydrogen-bond acceptors (Lipinski definition) is 3. The maximum Gasteiger partial charge on any atom is 0.256 e.